The van der Waals surface area contributed by atoms with Gasteiger partial charge in [0, 0.05) is 11.6 Å². The highest BCUT2D eigenvalue weighted by Crippen LogP contribution is 2.50. The lowest BCUT2D eigenvalue weighted by atomic mass is 9.59. The molecule has 0 amide bonds. The number of aromatic amines is 1. The zero-order valence-corrected chi connectivity index (χ0v) is 18.2. The van der Waals surface area contributed by atoms with Crippen LogP contribution >= 0.6 is 0 Å². The van der Waals surface area contributed by atoms with E-state index in [1.807, 2.05) is 12.1 Å². The maximum atomic E-state index is 4.58. The van der Waals surface area contributed by atoms with Gasteiger partial charge in [-0.25, -0.2) is 5.43 Å². The van der Waals surface area contributed by atoms with Crippen LogP contribution in [0.5, 0.6) is 0 Å². The Morgan fingerprint density at radius 1 is 1.27 bits per heavy atom. The van der Waals surface area contributed by atoms with Gasteiger partial charge in [-0.15, -0.1) is 10.2 Å². The molecule has 2 N–H and O–H groups in total. The van der Waals surface area contributed by atoms with Crippen molar-refractivity contribution >= 4 is 34.2 Å². The number of fused-ring (bicyclic) bond motifs is 4. The first-order valence-electron chi connectivity index (χ1n) is 11.0. The predicted molar refractivity (Wildman–Crippen MR) is 123 cm³/mol. The summed E-state index contributed by atoms with van der Waals surface area (Å²) in [6.07, 6.45) is 9.42. The first kappa shape index (κ1) is 19.2. The van der Waals surface area contributed by atoms with E-state index in [1.54, 1.807) is 5.57 Å². The fourth-order valence-corrected chi connectivity index (χ4v) is 5.36. The third-order valence-corrected chi connectivity index (χ3v) is 7.27. The van der Waals surface area contributed by atoms with Gasteiger partial charge in [0.05, 0.1) is 5.52 Å². The van der Waals surface area contributed by atoms with Crippen molar-refractivity contribution in [3.63, 3.8) is 0 Å². The average Bonchev–Trinajstić information content (AvgIpc) is 3.08. The molecule has 0 aliphatic heterocycles. The van der Waals surface area contributed by atoms with Crippen molar-refractivity contribution in [2.45, 2.75) is 53.4 Å². The molecule has 2 aliphatic rings. The SMILES string of the molecule is Cc1cccc2c1[nH]c1nc(N/N=C/[C@@H]3C[C@@H]4C(=CCCC4(C)C)C[C@@H]3C)nnc12. The minimum absolute atomic E-state index is 0.384. The molecule has 3 aromatic rings. The lowest BCUT2D eigenvalue weighted by molar-refractivity contribution is 0.149. The molecule has 0 saturated heterocycles. The monoisotopic (exact) mass is 402 g/mol. The standard InChI is InChI=1S/C24H30N6/c1-14-7-5-9-18-20(14)26-22-21(18)28-30-23(27-22)29-25-13-17-12-19-16(11-15(17)2)8-6-10-24(19,3)4/h5,7-9,13,15,17,19H,6,10-12H2,1-4H3,(H2,26,27,29,30)/b25-13+/t15-,17-,19+/m0/s1. The fraction of sp³-hybridized carbons (Fsp3) is 0.500. The molecule has 0 radical (unpaired) electrons. The highest BCUT2D eigenvalue weighted by atomic mass is 15.4. The second-order valence-corrected chi connectivity index (χ2v) is 9.78. The van der Waals surface area contributed by atoms with Crippen molar-refractivity contribution in [1.82, 2.24) is 20.2 Å². The van der Waals surface area contributed by atoms with E-state index in [9.17, 15) is 0 Å². The van der Waals surface area contributed by atoms with Crippen LogP contribution in [0.4, 0.5) is 5.95 Å². The Bertz CT molecular complexity index is 1160. The van der Waals surface area contributed by atoms with E-state index in [-0.39, 0.29) is 0 Å². The summed E-state index contributed by atoms with van der Waals surface area (Å²) in [5.41, 5.74) is 8.82. The second kappa shape index (κ2) is 7.18. The number of H-pyrrole nitrogens is 1. The Kier molecular flexibility index (Phi) is 4.60. The molecular weight excluding hydrogens is 372 g/mol. The van der Waals surface area contributed by atoms with E-state index in [0.29, 0.717) is 29.1 Å². The van der Waals surface area contributed by atoms with Crippen molar-refractivity contribution in [2.75, 3.05) is 5.43 Å². The first-order valence-corrected chi connectivity index (χ1v) is 11.0. The lowest BCUT2D eigenvalue weighted by Gasteiger charge is -2.46. The van der Waals surface area contributed by atoms with Gasteiger partial charge in [-0.1, -0.05) is 50.6 Å². The van der Waals surface area contributed by atoms with Gasteiger partial charge < -0.3 is 4.98 Å². The lowest BCUT2D eigenvalue weighted by Crippen LogP contribution is -2.36. The minimum atomic E-state index is 0.384. The number of allylic oxidation sites excluding steroid dienone is 2. The molecule has 0 bridgehead atoms. The Morgan fingerprint density at radius 3 is 3.00 bits per heavy atom. The van der Waals surface area contributed by atoms with Crippen LogP contribution in [0.3, 0.4) is 0 Å². The van der Waals surface area contributed by atoms with Crippen molar-refractivity contribution in [3.05, 3.63) is 35.4 Å². The number of rotatable bonds is 3. The summed E-state index contributed by atoms with van der Waals surface area (Å²) in [5.74, 6) is 2.15. The van der Waals surface area contributed by atoms with E-state index in [1.165, 1.54) is 31.2 Å². The molecule has 5 rings (SSSR count). The molecule has 2 aliphatic carbocycles. The Balaban J connectivity index is 1.33. The molecule has 2 heterocycles. The smallest absolute Gasteiger partial charge is 0.265 e. The quantitative estimate of drug-likeness (QED) is 0.338. The summed E-state index contributed by atoms with van der Waals surface area (Å²) in [4.78, 5) is 7.94. The third kappa shape index (κ3) is 3.28. The normalized spacial score (nSPS) is 26.1. The van der Waals surface area contributed by atoms with E-state index < -0.39 is 0 Å². The zero-order chi connectivity index (χ0) is 20.9. The summed E-state index contributed by atoms with van der Waals surface area (Å²) in [6.45, 7) is 9.26. The molecule has 0 spiro atoms. The van der Waals surface area contributed by atoms with Crippen molar-refractivity contribution in [3.8, 4) is 0 Å². The molecule has 1 aromatic carbocycles. The molecule has 156 valence electrons. The summed E-state index contributed by atoms with van der Waals surface area (Å²) >= 11 is 0. The van der Waals surface area contributed by atoms with Crippen LogP contribution < -0.4 is 5.43 Å². The van der Waals surface area contributed by atoms with Gasteiger partial charge in [0.1, 0.15) is 5.52 Å². The van der Waals surface area contributed by atoms with Crippen molar-refractivity contribution < 1.29 is 0 Å². The third-order valence-electron chi connectivity index (χ3n) is 7.27. The van der Waals surface area contributed by atoms with Crippen LogP contribution in [-0.2, 0) is 0 Å². The Labute approximate surface area is 177 Å². The van der Waals surface area contributed by atoms with Gasteiger partial charge >= 0.3 is 0 Å². The zero-order valence-electron chi connectivity index (χ0n) is 18.2. The number of nitrogens with one attached hydrogen (secondary N) is 2. The number of para-hydroxylation sites is 1. The molecule has 1 fully saturated rings. The van der Waals surface area contributed by atoms with Gasteiger partial charge in [-0.2, -0.15) is 10.1 Å². The number of aromatic nitrogens is 4. The minimum Gasteiger partial charge on any atom is -0.337 e. The van der Waals surface area contributed by atoms with Gasteiger partial charge in [-0.3, -0.25) is 0 Å². The van der Waals surface area contributed by atoms with E-state index in [4.69, 9.17) is 0 Å². The molecule has 2 aromatic heterocycles. The Hall–Kier alpha value is -2.76. The van der Waals surface area contributed by atoms with Crippen LogP contribution in [0.15, 0.2) is 34.9 Å². The van der Waals surface area contributed by atoms with Crippen molar-refractivity contribution in [2.24, 2.45) is 28.3 Å². The molecule has 6 nitrogen and oxygen atoms in total. The molecule has 1 saturated carbocycles. The first-order chi connectivity index (χ1) is 14.4. The second-order valence-electron chi connectivity index (χ2n) is 9.78. The number of hydrazone groups is 1. The van der Waals surface area contributed by atoms with Gasteiger partial charge in [0.15, 0.2) is 5.65 Å². The predicted octanol–water partition coefficient (Wildman–Crippen LogP) is 5.62. The molecule has 0 unspecified atom stereocenters. The molecule has 30 heavy (non-hydrogen) atoms. The highest BCUT2D eigenvalue weighted by molar-refractivity contribution is 6.04. The summed E-state index contributed by atoms with van der Waals surface area (Å²) < 4.78 is 0. The largest absolute Gasteiger partial charge is 0.337 e. The number of aryl methyl sites for hydroxylation is 1. The number of anilines is 1. The van der Waals surface area contributed by atoms with Crippen LogP contribution in [0.1, 0.15) is 52.0 Å². The number of hydrogen-bond donors (Lipinski definition) is 2. The van der Waals surface area contributed by atoms with Crippen LogP contribution in [0, 0.1) is 30.1 Å². The summed E-state index contributed by atoms with van der Waals surface area (Å²) in [5, 5.41) is 14.2. The molecule has 3 atom stereocenters. The van der Waals surface area contributed by atoms with Crippen molar-refractivity contribution in [1.29, 1.82) is 0 Å². The average molecular weight is 403 g/mol. The van der Waals surface area contributed by atoms with Gasteiger partial charge in [-0.05, 0) is 61.3 Å². The summed E-state index contributed by atoms with van der Waals surface area (Å²) in [7, 11) is 0. The van der Waals surface area contributed by atoms with Gasteiger partial charge in [0.25, 0.3) is 5.95 Å². The summed E-state index contributed by atoms with van der Waals surface area (Å²) in [6, 6.07) is 6.15. The molecular formula is C24H30N6. The topological polar surface area (TPSA) is 78.9 Å². The van der Waals surface area contributed by atoms with E-state index in [0.717, 1.165) is 22.1 Å². The van der Waals surface area contributed by atoms with E-state index in [2.05, 4.69) is 76.7 Å². The number of nitrogens with zero attached hydrogens (tertiary/aromatic N) is 4. The maximum Gasteiger partial charge on any atom is 0.265 e. The number of benzene rings is 1. The number of hydrogen-bond acceptors (Lipinski definition) is 5. The van der Waals surface area contributed by atoms with Crippen LogP contribution in [-0.4, -0.2) is 26.4 Å². The maximum absolute atomic E-state index is 4.58. The van der Waals surface area contributed by atoms with Crippen LogP contribution in [0.25, 0.3) is 22.1 Å². The Morgan fingerprint density at radius 2 is 2.13 bits per heavy atom. The van der Waals surface area contributed by atoms with E-state index >= 15 is 0 Å². The van der Waals surface area contributed by atoms with Gasteiger partial charge in [0.2, 0.25) is 0 Å². The van der Waals surface area contributed by atoms with Crippen LogP contribution in [0.2, 0.25) is 0 Å². The fourth-order valence-electron chi connectivity index (χ4n) is 5.36. The molecule has 6 heteroatoms. The highest BCUT2D eigenvalue weighted by Gasteiger charge is 2.40.